The molecule has 5 atom stereocenters. The summed E-state index contributed by atoms with van der Waals surface area (Å²) in [4.78, 5) is 13.0. The van der Waals surface area contributed by atoms with Crippen molar-refractivity contribution in [3.63, 3.8) is 0 Å². The Labute approximate surface area is 120 Å². The fourth-order valence-corrected chi connectivity index (χ4v) is 5.35. The van der Waals surface area contributed by atoms with Crippen LogP contribution in [0.3, 0.4) is 0 Å². The first-order chi connectivity index (χ1) is 9.69. The Kier molecular flexibility index (Phi) is 2.78. The Morgan fingerprint density at radius 3 is 2.70 bits per heavy atom. The predicted octanol–water partition coefficient (Wildman–Crippen LogP) is 3.51. The van der Waals surface area contributed by atoms with Crippen LogP contribution in [0, 0.1) is 23.2 Å². The van der Waals surface area contributed by atoms with E-state index in [9.17, 15) is 9.90 Å². The second-order valence-electron chi connectivity index (χ2n) is 7.21. The predicted molar refractivity (Wildman–Crippen MR) is 77.0 cm³/mol. The van der Waals surface area contributed by atoms with Crippen molar-refractivity contribution >= 4 is 5.78 Å². The van der Waals surface area contributed by atoms with Gasteiger partial charge in [0.05, 0.1) is 0 Å². The Hall–Kier alpha value is -1.15. The molecule has 5 unspecified atom stereocenters. The topological polar surface area (TPSA) is 37.3 Å². The van der Waals surface area contributed by atoms with E-state index in [-0.39, 0.29) is 11.2 Å². The van der Waals surface area contributed by atoms with Crippen LogP contribution in [0.1, 0.15) is 50.2 Å². The zero-order valence-corrected chi connectivity index (χ0v) is 11.8. The van der Waals surface area contributed by atoms with Gasteiger partial charge in [0, 0.05) is 5.41 Å². The molecule has 3 fully saturated rings. The minimum Gasteiger partial charge on any atom is -0.381 e. The van der Waals surface area contributed by atoms with Gasteiger partial charge in [-0.05, 0) is 61.8 Å². The van der Waals surface area contributed by atoms with Crippen molar-refractivity contribution < 1.29 is 9.90 Å². The SMILES string of the molecule is O=C(C(O)c1ccccc1)C12CCC3CC(CC1C3)C2. The maximum atomic E-state index is 13.0. The van der Waals surface area contributed by atoms with E-state index in [1.54, 1.807) is 0 Å². The van der Waals surface area contributed by atoms with Gasteiger partial charge in [-0.25, -0.2) is 0 Å². The lowest BCUT2D eigenvalue weighted by Crippen LogP contribution is -2.41. The number of carbonyl (C=O) groups is 1. The zero-order chi connectivity index (χ0) is 13.7. The van der Waals surface area contributed by atoms with Crippen LogP contribution < -0.4 is 0 Å². The van der Waals surface area contributed by atoms with Crippen LogP contribution in [0.5, 0.6) is 0 Å². The summed E-state index contributed by atoms with van der Waals surface area (Å²) in [6, 6.07) is 9.45. The number of Topliss-reactive ketones (excluding diaryl/α,β-unsaturated/α-hetero) is 1. The van der Waals surface area contributed by atoms with Crippen molar-refractivity contribution in [1.82, 2.24) is 0 Å². The van der Waals surface area contributed by atoms with Gasteiger partial charge in [-0.3, -0.25) is 4.79 Å². The molecule has 0 aromatic heterocycles. The second-order valence-corrected chi connectivity index (χ2v) is 7.21. The number of benzene rings is 1. The molecule has 0 heterocycles. The number of rotatable bonds is 3. The number of hydrogen-bond acceptors (Lipinski definition) is 2. The smallest absolute Gasteiger partial charge is 0.172 e. The first-order valence-electron chi connectivity index (χ1n) is 7.96. The van der Waals surface area contributed by atoms with Crippen molar-refractivity contribution in [3.05, 3.63) is 35.9 Å². The molecular weight excluding hydrogens is 248 g/mol. The van der Waals surface area contributed by atoms with E-state index in [1.165, 1.54) is 25.7 Å². The van der Waals surface area contributed by atoms with E-state index in [2.05, 4.69) is 0 Å². The van der Waals surface area contributed by atoms with Crippen molar-refractivity contribution in [3.8, 4) is 0 Å². The van der Waals surface area contributed by atoms with Crippen LogP contribution >= 0.6 is 0 Å². The average molecular weight is 270 g/mol. The molecule has 1 N–H and O–H groups in total. The number of fused-ring (bicyclic) bond motifs is 2. The van der Waals surface area contributed by atoms with Gasteiger partial charge in [0.15, 0.2) is 5.78 Å². The highest BCUT2D eigenvalue weighted by Gasteiger charge is 2.58. The second kappa shape index (κ2) is 4.42. The highest BCUT2D eigenvalue weighted by atomic mass is 16.3. The van der Waals surface area contributed by atoms with E-state index in [1.807, 2.05) is 30.3 Å². The fraction of sp³-hybridized carbons (Fsp3) is 0.611. The largest absolute Gasteiger partial charge is 0.381 e. The third-order valence-electron chi connectivity index (χ3n) is 6.19. The lowest BCUT2D eigenvalue weighted by molar-refractivity contribution is -0.142. The Morgan fingerprint density at radius 1 is 1.15 bits per heavy atom. The van der Waals surface area contributed by atoms with Gasteiger partial charge in [-0.15, -0.1) is 0 Å². The summed E-state index contributed by atoms with van der Waals surface area (Å²) in [5.41, 5.74) is 0.558. The van der Waals surface area contributed by atoms with Crippen molar-refractivity contribution in [2.45, 2.75) is 44.6 Å². The molecule has 4 rings (SSSR count). The van der Waals surface area contributed by atoms with Crippen molar-refractivity contribution in [2.75, 3.05) is 0 Å². The van der Waals surface area contributed by atoms with Crippen LogP contribution in [0.15, 0.2) is 30.3 Å². The molecule has 0 saturated heterocycles. The minimum absolute atomic E-state index is 0.108. The number of hydrogen-bond donors (Lipinski definition) is 1. The molecule has 0 spiro atoms. The van der Waals surface area contributed by atoms with Crippen molar-refractivity contribution in [2.24, 2.45) is 23.2 Å². The van der Waals surface area contributed by atoms with E-state index in [0.29, 0.717) is 5.92 Å². The van der Waals surface area contributed by atoms with E-state index in [0.717, 1.165) is 30.2 Å². The van der Waals surface area contributed by atoms with Gasteiger partial charge in [-0.2, -0.15) is 0 Å². The normalized spacial score (nSPS) is 39.8. The third kappa shape index (κ3) is 1.70. The summed E-state index contributed by atoms with van der Waals surface area (Å²) in [6.07, 6.45) is 6.10. The molecule has 3 aliphatic rings. The highest BCUT2D eigenvalue weighted by molar-refractivity contribution is 5.90. The van der Waals surface area contributed by atoms with Gasteiger partial charge in [0.2, 0.25) is 0 Å². The molecule has 1 aromatic rings. The molecule has 3 aliphatic carbocycles. The molecule has 20 heavy (non-hydrogen) atoms. The monoisotopic (exact) mass is 270 g/mol. The van der Waals surface area contributed by atoms with Gasteiger partial charge in [0.1, 0.15) is 6.10 Å². The zero-order valence-electron chi connectivity index (χ0n) is 11.8. The molecule has 1 aromatic carbocycles. The number of ketones is 1. The average Bonchev–Trinajstić information content (AvgIpc) is 2.66. The van der Waals surface area contributed by atoms with E-state index in [4.69, 9.17) is 0 Å². The Balaban J connectivity index is 1.65. The number of aliphatic hydroxyl groups is 1. The van der Waals surface area contributed by atoms with E-state index < -0.39 is 6.10 Å². The standard InChI is InChI=1S/C18H22O2/c19-16(14-4-2-1-3-5-14)17(20)18-7-6-12-8-13(11-18)10-15(18)9-12/h1-5,12-13,15-16,19H,6-11H2. The maximum absolute atomic E-state index is 13.0. The summed E-state index contributed by atoms with van der Waals surface area (Å²) in [5.74, 6) is 2.26. The quantitative estimate of drug-likeness (QED) is 0.912. The molecule has 0 radical (unpaired) electrons. The highest BCUT2D eigenvalue weighted by Crippen LogP contribution is 2.63. The number of aliphatic hydroxyl groups excluding tert-OH is 1. The number of carbonyl (C=O) groups excluding carboxylic acids is 1. The molecule has 106 valence electrons. The fourth-order valence-electron chi connectivity index (χ4n) is 5.35. The lowest BCUT2D eigenvalue weighted by Gasteiger charge is -2.42. The van der Waals surface area contributed by atoms with Gasteiger partial charge in [-0.1, -0.05) is 30.3 Å². The van der Waals surface area contributed by atoms with Crippen LogP contribution in [-0.2, 0) is 4.79 Å². The third-order valence-corrected chi connectivity index (χ3v) is 6.19. The van der Waals surface area contributed by atoms with Crippen LogP contribution in [-0.4, -0.2) is 10.9 Å². The van der Waals surface area contributed by atoms with Gasteiger partial charge < -0.3 is 5.11 Å². The summed E-state index contributed by atoms with van der Waals surface area (Å²) in [5, 5.41) is 10.5. The molecule has 0 amide bonds. The summed E-state index contributed by atoms with van der Waals surface area (Å²) >= 11 is 0. The lowest BCUT2D eigenvalue weighted by atomic mass is 9.61. The van der Waals surface area contributed by atoms with E-state index >= 15 is 0 Å². The van der Waals surface area contributed by atoms with Crippen molar-refractivity contribution in [1.29, 1.82) is 0 Å². The molecule has 3 bridgehead atoms. The first-order valence-corrected chi connectivity index (χ1v) is 7.96. The Bertz CT molecular complexity index is 523. The molecular formula is C18H22O2. The van der Waals surface area contributed by atoms with Gasteiger partial charge in [0.25, 0.3) is 0 Å². The van der Waals surface area contributed by atoms with Crippen LogP contribution in [0.25, 0.3) is 0 Å². The molecule has 2 nitrogen and oxygen atoms in total. The summed E-state index contributed by atoms with van der Waals surface area (Å²) in [7, 11) is 0. The maximum Gasteiger partial charge on any atom is 0.172 e. The first kappa shape index (κ1) is 12.6. The van der Waals surface area contributed by atoms with Crippen LogP contribution in [0.2, 0.25) is 0 Å². The Morgan fingerprint density at radius 2 is 1.90 bits per heavy atom. The summed E-state index contributed by atoms with van der Waals surface area (Å²) in [6.45, 7) is 0. The van der Waals surface area contributed by atoms with Crippen LogP contribution in [0.4, 0.5) is 0 Å². The minimum atomic E-state index is -0.924. The summed E-state index contributed by atoms with van der Waals surface area (Å²) < 4.78 is 0. The molecule has 0 aliphatic heterocycles. The molecule has 2 heteroatoms. The molecule has 3 saturated carbocycles. The van der Waals surface area contributed by atoms with Gasteiger partial charge >= 0.3 is 0 Å².